The average molecular weight is 428 g/mol. The molecule has 3 rings (SSSR count). The summed E-state index contributed by atoms with van der Waals surface area (Å²) in [5.41, 5.74) is 1.73. The Labute approximate surface area is 182 Å². The Hall–Kier alpha value is -2.80. The van der Waals surface area contributed by atoms with Crippen LogP contribution < -0.4 is 19.9 Å². The SMILES string of the molecule is CCOc1cc2[nH]c(=S)n(CCCN(CC)c3ccccc3)c(=O)c2cc1OCC. The van der Waals surface area contributed by atoms with Crippen molar-refractivity contribution in [1.29, 1.82) is 0 Å². The van der Waals surface area contributed by atoms with E-state index < -0.39 is 0 Å². The van der Waals surface area contributed by atoms with Crippen LogP contribution in [-0.4, -0.2) is 35.9 Å². The van der Waals surface area contributed by atoms with Gasteiger partial charge in [-0.15, -0.1) is 0 Å². The summed E-state index contributed by atoms with van der Waals surface area (Å²) in [4.78, 5) is 18.6. The second-order valence-electron chi connectivity index (χ2n) is 6.87. The van der Waals surface area contributed by atoms with Crippen LogP contribution in [0.4, 0.5) is 5.69 Å². The Kier molecular flexibility index (Phi) is 7.52. The van der Waals surface area contributed by atoms with Crippen LogP contribution in [0.1, 0.15) is 27.2 Å². The quantitative estimate of drug-likeness (QED) is 0.472. The lowest BCUT2D eigenvalue weighted by Gasteiger charge is -2.23. The summed E-state index contributed by atoms with van der Waals surface area (Å²) in [7, 11) is 0. The van der Waals surface area contributed by atoms with E-state index in [0.29, 0.717) is 46.9 Å². The van der Waals surface area contributed by atoms with E-state index >= 15 is 0 Å². The van der Waals surface area contributed by atoms with Crippen molar-refractivity contribution >= 4 is 28.8 Å². The standard InChI is InChI=1S/C23H29N3O3S/c1-4-25(17-11-8-7-9-12-17)13-10-14-26-22(27)18-15-20(28-5-2)21(29-6-3)16-19(18)24-23(26)30/h7-9,11-12,15-16H,4-6,10,13-14H2,1-3H3,(H,24,30). The first kappa shape index (κ1) is 21.9. The molecular weight excluding hydrogens is 398 g/mol. The molecule has 1 aromatic heterocycles. The third kappa shape index (κ3) is 4.84. The molecule has 6 nitrogen and oxygen atoms in total. The van der Waals surface area contributed by atoms with Crippen LogP contribution in [0, 0.1) is 4.77 Å². The van der Waals surface area contributed by atoms with Crippen LogP contribution in [-0.2, 0) is 6.54 Å². The summed E-state index contributed by atoms with van der Waals surface area (Å²) in [6.07, 6.45) is 0.807. The molecule has 160 valence electrons. The zero-order chi connectivity index (χ0) is 21.5. The van der Waals surface area contributed by atoms with Gasteiger partial charge in [-0.2, -0.15) is 0 Å². The lowest BCUT2D eigenvalue weighted by Crippen LogP contribution is -2.28. The largest absolute Gasteiger partial charge is 0.490 e. The molecule has 0 atom stereocenters. The Morgan fingerprint density at radius 3 is 2.33 bits per heavy atom. The number of aromatic amines is 1. The molecule has 0 radical (unpaired) electrons. The van der Waals surface area contributed by atoms with E-state index in [2.05, 4.69) is 28.9 Å². The summed E-state index contributed by atoms with van der Waals surface area (Å²) in [6.45, 7) is 9.25. The molecule has 7 heteroatoms. The van der Waals surface area contributed by atoms with Crippen molar-refractivity contribution < 1.29 is 9.47 Å². The molecule has 2 aromatic carbocycles. The van der Waals surface area contributed by atoms with Crippen LogP contribution in [0.3, 0.4) is 0 Å². The van der Waals surface area contributed by atoms with E-state index in [-0.39, 0.29) is 5.56 Å². The smallest absolute Gasteiger partial charge is 0.262 e. The highest BCUT2D eigenvalue weighted by atomic mass is 32.1. The first-order chi connectivity index (χ1) is 14.6. The van der Waals surface area contributed by atoms with Crippen molar-refractivity contribution in [3.8, 4) is 11.5 Å². The zero-order valence-electron chi connectivity index (χ0n) is 17.8. The highest BCUT2D eigenvalue weighted by molar-refractivity contribution is 7.71. The van der Waals surface area contributed by atoms with Crippen LogP contribution in [0.2, 0.25) is 0 Å². The van der Waals surface area contributed by atoms with Gasteiger partial charge in [-0.25, -0.2) is 0 Å². The summed E-state index contributed by atoms with van der Waals surface area (Å²) in [6, 6.07) is 13.8. The van der Waals surface area contributed by atoms with Gasteiger partial charge >= 0.3 is 0 Å². The lowest BCUT2D eigenvalue weighted by atomic mass is 10.2. The number of hydrogen-bond donors (Lipinski definition) is 1. The van der Waals surface area contributed by atoms with Gasteiger partial charge in [-0.3, -0.25) is 9.36 Å². The molecule has 0 bridgehead atoms. The van der Waals surface area contributed by atoms with Crippen molar-refractivity contribution in [2.24, 2.45) is 0 Å². The van der Waals surface area contributed by atoms with Crippen molar-refractivity contribution in [1.82, 2.24) is 9.55 Å². The van der Waals surface area contributed by atoms with Crippen LogP contribution in [0.25, 0.3) is 10.9 Å². The van der Waals surface area contributed by atoms with Gasteiger partial charge < -0.3 is 19.4 Å². The Bertz CT molecular complexity index is 1090. The average Bonchev–Trinajstić information content (AvgIpc) is 2.75. The van der Waals surface area contributed by atoms with Crippen LogP contribution >= 0.6 is 12.2 Å². The minimum atomic E-state index is -0.111. The predicted octanol–water partition coefficient (Wildman–Crippen LogP) is 4.77. The molecule has 0 aliphatic carbocycles. The number of hydrogen-bond acceptors (Lipinski definition) is 5. The van der Waals surface area contributed by atoms with Crippen LogP contribution in [0.15, 0.2) is 47.3 Å². The van der Waals surface area contributed by atoms with E-state index in [4.69, 9.17) is 21.7 Å². The Morgan fingerprint density at radius 1 is 1.03 bits per heavy atom. The van der Waals surface area contributed by atoms with Gasteiger partial charge in [0, 0.05) is 31.4 Å². The zero-order valence-corrected chi connectivity index (χ0v) is 18.6. The van der Waals surface area contributed by atoms with Crippen molar-refractivity contribution in [3.63, 3.8) is 0 Å². The van der Waals surface area contributed by atoms with Crippen molar-refractivity contribution in [3.05, 3.63) is 57.6 Å². The van der Waals surface area contributed by atoms with Gasteiger partial charge in [-0.05, 0) is 57.6 Å². The molecule has 0 amide bonds. The van der Waals surface area contributed by atoms with Crippen molar-refractivity contribution in [2.45, 2.75) is 33.7 Å². The number of nitrogens with one attached hydrogen (secondary N) is 1. The summed E-state index contributed by atoms with van der Waals surface area (Å²) >= 11 is 5.48. The van der Waals surface area contributed by atoms with Gasteiger partial charge in [0.05, 0.1) is 24.1 Å². The molecule has 0 spiro atoms. The Morgan fingerprint density at radius 2 is 1.70 bits per heavy atom. The van der Waals surface area contributed by atoms with Gasteiger partial charge in [0.1, 0.15) is 0 Å². The minimum Gasteiger partial charge on any atom is -0.490 e. The number of ether oxygens (including phenoxy) is 2. The van der Waals surface area contributed by atoms with E-state index in [0.717, 1.165) is 19.5 Å². The molecule has 1 heterocycles. The first-order valence-corrected chi connectivity index (χ1v) is 10.9. The van der Waals surface area contributed by atoms with E-state index in [9.17, 15) is 4.79 Å². The molecule has 0 aliphatic rings. The number of anilines is 1. The van der Waals surface area contributed by atoms with Crippen molar-refractivity contribution in [2.75, 3.05) is 31.2 Å². The maximum atomic E-state index is 13.2. The predicted molar refractivity (Wildman–Crippen MR) is 125 cm³/mol. The third-order valence-electron chi connectivity index (χ3n) is 4.96. The fourth-order valence-electron chi connectivity index (χ4n) is 3.53. The molecule has 0 saturated carbocycles. The molecule has 0 fully saturated rings. The molecule has 0 saturated heterocycles. The normalized spacial score (nSPS) is 10.9. The molecule has 1 N–H and O–H groups in total. The lowest BCUT2D eigenvalue weighted by molar-refractivity contribution is 0.288. The molecule has 3 aromatic rings. The molecule has 0 unspecified atom stereocenters. The topological polar surface area (TPSA) is 59.5 Å². The maximum absolute atomic E-state index is 13.2. The number of para-hydroxylation sites is 1. The van der Waals surface area contributed by atoms with Gasteiger partial charge in [0.25, 0.3) is 5.56 Å². The minimum absolute atomic E-state index is 0.111. The summed E-state index contributed by atoms with van der Waals surface area (Å²) in [5.74, 6) is 1.18. The van der Waals surface area contributed by atoms with Gasteiger partial charge in [0.15, 0.2) is 16.3 Å². The first-order valence-electron chi connectivity index (χ1n) is 10.5. The third-order valence-corrected chi connectivity index (χ3v) is 5.28. The molecule has 30 heavy (non-hydrogen) atoms. The fourth-order valence-corrected chi connectivity index (χ4v) is 3.81. The summed E-state index contributed by atoms with van der Waals surface area (Å²) < 4.78 is 13.4. The molecule has 0 aliphatic heterocycles. The van der Waals surface area contributed by atoms with Gasteiger partial charge in [0.2, 0.25) is 0 Å². The van der Waals surface area contributed by atoms with Gasteiger partial charge in [-0.1, -0.05) is 18.2 Å². The number of rotatable bonds is 10. The number of H-pyrrole nitrogens is 1. The highest BCUT2D eigenvalue weighted by Gasteiger charge is 2.13. The van der Waals surface area contributed by atoms with E-state index in [1.807, 2.05) is 32.0 Å². The number of fused-ring (bicyclic) bond motifs is 1. The monoisotopic (exact) mass is 427 g/mol. The number of nitrogens with zero attached hydrogens (tertiary/aromatic N) is 2. The maximum Gasteiger partial charge on any atom is 0.262 e. The molecular formula is C23H29N3O3S. The number of aromatic nitrogens is 2. The Balaban J connectivity index is 1.86. The fraction of sp³-hybridized carbons (Fsp3) is 0.391. The summed E-state index contributed by atoms with van der Waals surface area (Å²) in [5, 5.41) is 0.547. The second-order valence-corrected chi connectivity index (χ2v) is 7.25. The van der Waals surface area contributed by atoms with E-state index in [1.54, 1.807) is 16.7 Å². The van der Waals surface area contributed by atoms with E-state index in [1.165, 1.54) is 5.69 Å². The van der Waals surface area contributed by atoms with Crippen LogP contribution in [0.5, 0.6) is 11.5 Å². The second kappa shape index (κ2) is 10.3. The highest BCUT2D eigenvalue weighted by Crippen LogP contribution is 2.30. The number of benzene rings is 2.